The van der Waals surface area contributed by atoms with Crippen molar-refractivity contribution in [2.75, 3.05) is 19.8 Å². The van der Waals surface area contributed by atoms with Crippen molar-refractivity contribution in [1.82, 2.24) is 5.32 Å². The summed E-state index contributed by atoms with van der Waals surface area (Å²) >= 11 is 1.54. The Morgan fingerprint density at radius 1 is 1.50 bits per heavy atom. The van der Waals surface area contributed by atoms with Gasteiger partial charge in [-0.25, -0.2) is 0 Å². The van der Waals surface area contributed by atoms with E-state index in [9.17, 15) is 9.82 Å². The number of ether oxygens (including phenoxy) is 1. The zero-order valence-corrected chi connectivity index (χ0v) is 13.2. The van der Waals surface area contributed by atoms with Crippen LogP contribution in [-0.2, 0) is 27.2 Å². The summed E-state index contributed by atoms with van der Waals surface area (Å²) in [6, 6.07) is 3.88. The van der Waals surface area contributed by atoms with Gasteiger partial charge in [0.1, 0.15) is 0 Å². The van der Waals surface area contributed by atoms with Crippen molar-refractivity contribution in [3.8, 4) is 0 Å². The summed E-state index contributed by atoms with van der Waals surface area (Å²) in [6.45, 7) is 1.91. The molecule has 2 rings (SSSR count). The van der Waals surface area contributed by atoms with Crippen LogP contribution in [0.25, 0.3) is 0 Å². The van der Waals surface area contributed by atoms with Crippen molar-refractivity contribution in [1.29, 1.82) is 0 Å². The molecule has 0 spiro atoms. The second-order valence-electron chi connectivity index (χ2n) is 4.99. The number of amides is 1. The minimum absolute atomic E-state index is 0.126. The van der Waals surface area contributed by atoms with E-state index in [1.165, 1.54) is 0 Å². The van der Waals surface area contributed by atoms with Crippen molar-refractivity contribution < 1.29 is 19.2 Å². The van der Waals surface area contributed by atoms with Crippen LogP contribution in [0.2, 0.25) is 0 Å². The quantitative estimate of drug-likeness (QED) is 0.380. The van der Waals surface area contributed by atoms with E-state index in [2.05, 4.69) is 5.32 Å². The first-order chi connectivity index (χ1) is 10.7. The third-order valence-corrected chi connectivity index (χ3v) is 4.23. The average molecular weight is 324 g/mol. The van der Waals surface area contributed by atoms with E-state index in [1.807, 2.05) is 24.3 Å². The van der Waals surface area contributed by atoms with Crippen LogP contribution in [0.4, 0.5) is 0 Å². The fourth-order valence-corrected chi connectivity index (χ4v) is 3.05. The molecule has 1 aliphatic heterocycles. The van der Waals surface area contributed by atoms with Gasteiger partial charge in [-0.05, 0) is 18.6 Å². The number of carbonyl (C=O) groups is 1. The molecule has 2 heterocycles. The van der Waals surface area contributed by atoms with Crippen LogP contribution in [0.1, 0.15) is 16.2 Å². The molecule has 22 heavy (non-hydrogen) atoms. The minimum atomic E-state index is -0.970. The molecule has 0 bridgehead atoms. The first-order valence-electron chi connectivity index (χ1n) is 7.28. The Hall–Kier alpha value is -1.19. The van der Waals surface area contributed by atoms with Crippen molar-refractivity contribution in [2.45, 2.75) is 25.4 Å². The molecule has 0 saturated carbocycles. The van der Waals surface area contributed by atoms with Crippen LogP contribution in [0.5, 0.6) is 0 Å². The van der Waals surface area contributed by atoms with Crippen LogP contribution in [0.15, 0.2) is 24.3 Å². The van der Waals surface area contributed by atoms with E-state index in [4.69, 9.17) is 15.1 Å². The number of thiophene rings is 1. The number of hydrogen-bond acceptors (Lipinski definition) is 6. The molecule has 0 unspecified atom stereocenters. The Morgan fingerprint density at radius 2 is 2.32 bits per heavy atom. The number of nitrogens with two attached hydrogens (primary N) is 1. The number of hydrogen-bond donors (Lipinski definition) is 3. The summed E-state index contributed by atoms with van der Waals surface area (Å²) in [4.78, 5) is 14.1. The number of carbonyl (C=O) groups excluding carboxylic acids is 1. The van der Waals surface area contributed by atoms with E-state index in [-0.39, 0.29) is 12.3 Å². The van der Waals surface area contributed by atoms with Crippen LogP contribution < -0.4 is 11.1 Å². The average Bonchev–Trinajstić information content (AvgIpc) is 2.83. The molecule has 1 aromatic rings. The standard InChI is InChI=1S/C14H21BN2O4S/c16-6-8-20-10-12-5-4-11(22-12)9-14(18)17-13-3-1-2-7-21-15(13)19/h1-2,4-5,13,19H,3,6-10,16H2,(H,17,18)/t13-/m0/s1. The maximum Gasteiger partial charge on any atom is 0.478 e. The highest BCUT2D eigenvalue weighted by atomic mass is 32.1. The lowest BCUT2D eigenvalue weighted by atomic mass is 9.77. The fourth-order valence-electron chi connectivity index (χ4n) is 2.09. The molecule has 0 saturated heterocycles. The molecule has 1 aliphatic rings. The normalized spacial score (nSPS) is 18.3. The van der Waals surface area contributed by atoms with E-state index in [1.54, 1.807) is 11.3 Å². The Morgan fingerprint density at radius 3 is 3.14 bits per heavy atom. The van der Waals surface area contributed by atoms with Crippen molar-refractivity contribution in [3.05, 3.63) is 34.0 Å². The number of rotatable bonds is 7. The van der Waals surface area contributed by atoms with Crippen LogP contribution in [0.3, 0.4) is 0 Å². The second kappa shape index (κ2) is 9.07. The molecule has 6 nitrogen and oxygen atoms in total. The first kappa shape index (κ1) is 17.2. The lowest BCUT2D eigenvalue weighted by molar-refractivity contribution is -0.120. The van der Waals surface area contributed by atoms with Gasteiger partial charge >= 0.3 is 7.12 Å². The molecule has 4 N–H and O–H groups in total. The van der Waals surface area contributed by atoms with E-state index >= 15 is 0 Å². The fraction of sp³-hybridized carbons (Fsp3) is 0.500. The maximum atomic E-state index is 12.1. The van der Waals surface area contributed by atoms with Gasteiger partial charge in [-0.2, -0.15) is 0 Å². The molecular weight excluding hydrogens is 303 g/mol. The third-order valence-electron chi connectivity index (χ3n) is 3.17. The minimum Gasteiger partial charge on any atom is -0.426 e. The van der Waals surface area contributed by atoms with E-state index < -0.39 is 13.1 Å². The zero-order valence-electron chi connectivity index (χ0n) is 12.4. The molecular formula is C14H21BN2O4S. The van der Waals surface area contributed by atoms with Gasteiger partial charge in [0.15, 0.2) is 0 Å². The van der Waals surface area contributed by atoms with Gasteiger partial charge in [-0.3, -0.25) is 4.79 Å². The van der Waals surface area contributed by atoms with E-state index in [0.717, 1.165) is 9.75 Å². The predicted molar refractivity (Wildman–Crippen MR) is 86.3 cm³/mol. The molecule has 1 atom stereocenters. The zero-order chi connectivity index (χ0) is 15.8. The highest BCUT2D eigenvalue weighted by Crippen LogP contribution is 2.18. The summed E-state index contributed by atoms with van der Waals surface area (Å²) in [5.41, 5.74) is 5.37. The highest BCUT2D eigenvalue weighted by Gasteiger charge is 2.28. The molecule has 0 aromatic carbocycles. The predicted octanol–water partition coefficient (Wildman–Crippen LogP) is 0.247. The smallest absolute Gasteiger partial charge is 0.426 e. The first-order valence-corrected chi connectivity index (χ1v) is 8.10. The van der Waals surface area contributed by atoms with Crippen LogP contribution in [0, 0.1) is 0 Å². The maximum absolute atomic E-state index is 12.1. The molecule has 0 radical (unpaired) electrons. The van der Waals surface area contributed by atoms with E-state index in [0.29, 0.717) is 32.8 Å². The van der Waals surface area contributed by atoms with Crippen LogP contribution in [-0.4, -0.2) is 43.7 Å². The Balaban J connectivity index is 1.80. The molecule has 8 heteroatoms. The Labute approximate surface area is 134 Å². The van der Waals surface area contributed by atoms with Crippen molar-refractivity contribution in [3.63, 3.8) is 0 Å². The SMILES string of the molecule is NCCOCc1ccc(CC(=O)N[C@H]2CC=CCOB2O)s1. The Bertz CT molecular complexity index is 509. The van der Waals surface area contributed by atoms with Gasteiger partial charge in [0, 0.05) is 22.9 Å². The van der Waals surface area contributed by atoms with Gasteiger partial charge in [-0.1, -0.05) is 12.2 Å². The molecule has 0 fully saturated rings. The summed E-state index contributed by atoms with van der Waals surface area (Å²) in [5.74, 6) is -0.530. The largest absolute Gasteiger partial charge is 0.478 e. The molecule has 1 aromatic heterocycles. The molecule has 120 valence electrons. The van der Waals surface area contributed by atoms with Crippen molar-refractivity contribution >= 4 is 24.4 Å². The molecule has 1 amide bonds. The lowest BCUT2D eigenvalue weighted by Crippen LogP contribution is -2.47. The third kappa shape index (κ3) is 5.55. The number of nitrogens with one attached hydrogen (secondary N) is 1. The topological polar surface area (TPSA) is 93.8 Å². The summed E-state index contributed by atoms with van der Waals surface area (Å²) in [7, 11) is -0.970. The second-order valence-corrected chi connectivity index (χ2v) is 6.24. The van der Waals surface area contributed by atoms with Gasteiger partial charge in [0.05, 0.1) is 25.6 Å². The van der Waals surface area contributed by atoms with Crippen LogP contribution >= 0.6 is 11.3 Å². The summed E-state index contributed by atoms with van der Waals surface area (Å²) < 4.78 is 10.5. The lowest BCUT2D eigenvalue weighted by Gasteiger charge is -2.17. The highest BCUT2D eigenvalue weighted by molar-refractivity contribution is 7.12. The summed E-state index contributed by atoms with van der Waals surface area (Å²) in [5, 5.41) is 12.6. The van der Waals surface area contributed by atoms with Crippen molar-refractivity contribution in [2.24, 2.45) is 5.73 Å². The van der Waals surface area contributed by atoms with Gasteiger partial charge in [0.2, 0.25) is 5.91 Å². The molecule has 0 aliphatic carbocycles. The summed E-state index contributed by atoms with van der Waals surface area (Å²) in [6.07, 6.45) is 4.59. The van der Waals surface area contributed by atoms with Gasteiger partial charge in [-0.15, -0.1) is 11.3 Å². The monoisotopic (exact) mass is 324 g/mol. The van der Waals surface area contributed by atoms with Gasteiger partial charge < -0.3 is 25.5 Å². The van der Waals surface area contributed by atoms with Gasteiger partial charge in [0.25, 0.3) is 0 Å². The Kier molecular flexibility index (Phi) is 7.08.